The van der Waals surface area contributed by atoms with E-state index in [-0.39, 0.29) is 11.6 Å². The second kappa shape index (κ2) is 5.09. The van der Waals surface area contributed by atoms with E-state index in [4.69, 9.17) is 5.73 Å². The van der Waals surface area contributed by atoms with Crippen molar-refractivity contribution in [3.8, 4) is 0 Å². The number of rotatable bonds is 2. The lowest BCUT2D eigenvalue weighted by atomic mass is 9.90. The maximum absolute atomic E-state index is 13.8. The van der Waals surface area contributed by atoms with Gasteiger partial charge in [0.05, 0.1) is 5.69 Å². The third-order valence-electron chi connectivity index (χ3n) is 3.89. The summed E-state index contributed by atoms with van der Waals surface area (Å²) >= 11 is 0. The van der Waals surface area contributed by atoms with Crippen molar-refractivity contribution in [2.45, 2.75) is 25.2 Å². The summed E-state index contributed by atoms with van der Waals surface area (Å²) in [6.07, 6.45) is 0.786. The van der Waals surface area contributed by atoms with Crippen molar-refractivity contribution < 1.29 is 12.8 Å². The Morgan fingerprint density at radius 2 is 2.00 bits per heavy atom. The van der Waals surface area contributed by atoms with E-state index >= 15 is 0 Å². The fourth-order valence-corrected chi connectivity index (χ4v) is 4.09. The first kappa shape index (κ1) is 14.3. The number of nitrogens with two attached hydrogens (primary N) is 1. The van der Waals surface area contributed by atoms with E-state index in [1.54, 1.807) is 0 Å². The second-order valence-corrected chi connectivity index (χ2v) is 7.14. The molecule has 0 amide bonds. The Kier molecular flexibility index (Phi) is 3.82. The molecule has 1 aromatic rings. The van der Waals surface area contributed by atoms with Crippen LogP contribution in [0.3, 0.4) is 0 Å². The Morgan fingerprint density at radius 3 is 2.58 bits per heavy atom. The van der Waals surface area contributed by atoms with Crippen LogP contribution in [0.2, 0.25) is 0 Å². The molecule has 1 aliphatic heterocycles. The summed E-state index contributed by atoms with van der Waals surface area (Å²) < 4.78 is 40.1. The number of hydrogen-bond acceptors (Lipinski definition) is 3. The van der Waals surface area contributed by atoms with Crippen molar-refractivity contribution >= 4 is 15.7 Å². The number of anilines is 1. The van der Waals surface area contributed by atoms with E-state index in [1.165, 1.54) is 16.4 Å². The van der Waals surface area contributed by atoms with Gasteiger partial charge in [0.15, 0.2) is 0 Å². The molecule has 4 nitrogen and oxygen atoms in total. The van der Waals surface area contributed by atoms with Gasteiger partial charge >= 0.3 is 0 Å². The number of piperidine rings is 1. The van der Waals surface area contributed by atoms with Gasteiger partial charge in [-0.2, -0.15) is 4.31 Å². The Labute approximate surface area is 113 Å². The fraction of sp³-hybridized carbons (Fsp3) is 0.538. The molecule has 2 unspecified atom stereocenters. The number of sulfonamides is 1. The number of nitrogens with zero attached hydrogens (tertiary/aromatic N) is 1. The van der Waals surface area contributed by atoms with Crippen LogP contribution >= 0.6 is 0 Å². The van der Waals surface area contributed by atoms with Gasteiger partial charge in [0.2, 0.25) is 10.0 Å². The molecule has 1 heterocycles. The van der Waals surface area contributed by atoms with Crippen LogP contribution in [0.15, 0.2) is 23.1 Å². The summed E-state index contributed by atoms with van der Waals surface area (Å²) in [6, 6.07) is 3.94. The molecule has 0 radical (unpaired) electrons. The van der Waals surface area contributed by atoms with Crippen LogP contribution in [0.25, 0.3) is 0 Å². The average Bonchev–Trinajstić information content (AvgIpc) is 2.32. The minimum atomic E-state index is -3.85. The standard InChI is InChI=1S/C13H19FN2O2S/c1-9-6-7-16(8-10(9)2)19(17,18)13-11(14)4-3-5-12(13)15/h3-5,9-10H,6-8,15H2,1-2H3. The molecule has 6 heteroatoms. The molecule has 1 aromatic carbocycles. The Balaban J connectivity index is 2.38. The molecule has 2 N–H and O–H groups in total. The molecule has 19 heavy (non-hydrogen) atoms. The van der Waals surface area contributed by atoms with Crippen molar-refractivity contribution in [3.05, 3.63) is 24.0 Å². The zero-order valence-electron chi connectivity index (χ0n) is 11.1. The van der Waals surface area contributed by atoms with Gasteiger partial charge in [0.25, 0.3) is 0 Å². The number of halogens is 1. The van der Waals surface area contributed by atoms with Crippen LogP contribution in [0.5, 0.6) is 0 Å². The summed E-state index contributed by atoms with van der Waals surface area (Å²) in [4.78, 5) is -0.392. The van der Waals surface area contributed by atoms with Gasteiger partial charge in [0.1, 0.15) is 10.7 Å². The maximum atomic E-state index is 13.8. The first-order chi connectivity index (χ1) is 8.84. The molecule has 0 bridgehead atoms. The second-order valence-electron chi connectivity index (χ2n) is 5.26. The fourth-order valence-electron chi connectivity index (χ4n) is 2.37. The van der Waals surface area contributed by atoms with Gasteiger partial charge in [-0.3, -0.25) is 0 Å². The molecule has 0 aliphatic carbocycles. The average molecular weight is 286 g/mol. The zero-order chi connectivity index (χ0) is 14.2. The molecule has 1 saturated heterocycles. The Hall–Kier alpha value is -1.14. The van der Waals surface area contributed by atoms with Crippen molar-refractivity contribution in [1.29, 1.82) is 0 Å². The summed E-state index contributed by atoms with van der Waals surface area (Å²) in [5.41, 5.74) is 5.59. The molecule has 2 atom stereocenters. The minimum absolute atomic E-state index is 0.0359. The molecule has 2 rings (SSSR count). The van der Waals surface area contributed by atoms with Gasteiger partial charge in [-0.05, 0) is 30.4 Å². The molecule has 1 aliphatic rings. The highest BCUT2D eigenvalue weighted by Gasteiger charge is 2.34. The van der Waals surface area contributed by atoms with Gasteiger partial charge in [-0.25, -0.2) is 12.8 Å². The highest BCUT2D eigenvalue weighted by Crippen LogP contribution is 2.30. The maximum Gasteiger partial charge on any atom is 0.248 e. The normalized spacial score (nSPS) is 25.4. The molecule has 0 saturated carbocycles. The SMILES string of the molecule is CC1CCN(S(=O)(=O)c2c(N)cccc2F)CC1C. The monoisotopic (exact) mass is 286 g/mol. The topological polar surface area (TPSA) is 63.4 Å². The van der Waals surface area contributed by atoms with Crippen LogP contribution in [-0.4, -0.2) is 25.8 Å². The van der Waals surface area contributed by atoms with Crippen LogP contribution in [0, 0.1) is 17.7 Å². The lowest BCUT2D eigenvalue weighted by Crippen LogP contribution is -2.42. The first-order valence-electron chi connectivity index (χ1n) is 6.38. The van der Waals surface area contributed by atoms with E-state index in [2.05, 4.69) is 6.92 Å². The highest BCUT2D eigenvalue weighted by molar-refractivity contribution is 7.89. The highest BCUT2D eigenvalue weighted by atomic mass is 32.2. The third kappa shape index (κ3) is 2.60. The zero-order valence-corrected chi connectivity index (χ0v) is 12.0. The number of benzene rings is 1. The molecule has 106 valence electrons. The molecule has 0 aromatic heterocycles. The Bertz CT molecular complexity index is 554. The number of nitrogen functional groups attached to an aromatic ring is 1. The molecular formula is C13H19FN2O2S. The van der Waals surface area contributed by atoms with Gasteiger partial charge < -0.3 is 5.73 Å². The number of hydrogen-bond donors (Lipinski definition) is 1. The van der Waals surface area contributed by atoms with Crippen LogP contribution in [-0.2, 0) is 10.0 Å². The van der Waals surface area contributed by atoms with E-state index in [0.29, 0.717) is 19.0 Å². The third-order valence-corrected chi connectivity index (χ3v) is 5.85. The van der Waals surface area contributed by atoms with E-state index in [1.807, 2.05) is 6.92 Å². The predicted molar refractivity (Wildman–Crippen MR) is 72.5 cm³/mol. The van der Waals surface area contributed by atoms with Crippen molar-refractivity contribution in [2.24, 2.45) is 11.8 Å². The summed E-state index contributed by atoms with van der Waals surface area (Å²) in [5, 5.41) is 0. The molecule has 1 fully saturated rings. The van der Waals surface area contributed by atoms with E-state index in [9.17, 15) is 12.8 Å². The lowest BCUT2D eigenvalue weighted by Gasteiger charge is -2.34. The van der Waals surface area contributed by atoms with Gasteiger partial charge in [-0.1, -0.05) is 19.9 Å². The molecular weight excluding hydrogens is 267 g/mol. The van der Waals surface area contributed by atoms with E-state index < -0.39 is 20.7 Å². The van der Waals surface area contributed by atoms with E-state index in [0.717, 1.165) is 12.5 Å². The minimum Gasteiger partial charge on any atom is -0.398 e. The van der Waals surface area contributed by atoms with Crippen molar-refractivity contribution in [1.82, 2.24) is 4.31 Å². The summed E-state index contributed by atoms with van der Waals surface area (Å²) in [5.74, 6) is -0.0489. The summed E-state index contributed by atoms with van der Waals surface area (Å²) in [7, 11) is -3.85. The van der Waals surface area contributed by atoms with Gasteiger partial charge in [0, 0.05) is 13.1 Å². The van der Waals surface area contributed by atoms with Crippen LogP contribution < -0.4 is 5.73 Å². The lowest BCUT2D eigenvalue weighted by molar-refractivity contribution is 0.212. The van der Waals surface area contributed by atoms with Crippen molar-refractivity contribution in [2.75, 3.05) is 18.8 Å². The van der Waals surface area contributed by atoms with Crippen molar-refractivity contribution in [3.63, 3.8) is 0 Å². The largest absolute Gasteiger partial charge is 0.398 e. The molecule has 0 spiro atoms. The van der Waals surface area contributed by atoms with Gasteiger partial charge in [-0.15, -0.1) is 0 Å². The smallest absolute Gasteiger partial charge is 0.248 e. The Morgan fingerprint density at radius 1 is 1.32 bits per heavy atom. The predicted octanol–water partition coefficient (Wildman–Crippen LogP) is 2.07. The van der Waals surface area contributed by atoms with Crippen LogP contribution in [0.1, 0.15) is 20.3 Å². The summed E-state index contributed by atoms with van der Waals surface area (Å²) in [6.45, 7) is 4.95. The first-order valence-corrected chi connectivity index (χ1v) is 7.82. The van der Waals surface area contributed by atoms with Crippen LogP contribution in [0.4, 0.5) is 10.1 Å². The quantitative estimate of drug-likeness (QED) is 0.847.